The molecule has 1 saturated heterocycles. The number of carbonyl (C=O) groups is 1. The van der Waals surface area contributed by atoms with Gasteiger partial charge in [0.2, 0.25) is 10.0 Å². The molecule has 3 rings (SSSR count). The number of halogens is 2. The lowest BCUT2D eigenvalue weighted by atomic mass is 10.1. The third-order valence-electron chi connectivity index (χ3n) is 4.96. The van der Waals surface area contributed by atoms with Crippen LogP contribution >= 0.6 is 11.6 Å². The minimum Gasteiger partial charge on any atom is -0.482 e. The Hall–Kier alpha value is -2.16. The van der Waals surface area contributed by atoms with Crippen LogP contribution in [0.2, 0.25) is 5.02 Å². The van der Waals surface area contributed by atoms with Crippen molar-refractivity contribution in [1.29, 1.82) is 0 Å². The number of benzene rings is 2. The van der Waals surface area contributed by atoms with E-state index < -0.39 is 10.0 Å². The summed E-state index contributed by atoms with van der Waals surface area (Å²) in [5, 5.41) is 2.87. The predicted molar refractivity (Wildman–Crippen MR) is 113 cm³/mol. The highest BCUT2D eigenvalue weighted by Crippen LogP contribution is 2.29. The lowest BCUT2D eigenvalue weighted by Crippen LogP contribution is -2.35. The molecular formula is C21H24ClFN2O4S. The van der Waals surface area contributed by atoms with Crippen LogP contribution in [0.1, 0.15) is 37.8 Å². The van der Waals surface area contributed by atoms with Gasteiger partial charge in [0, 0.05) is 13.1 Å². The molecule has 162 valence electrons. The van der Waals surface area contributed by atoms with Gasteiger partial charge in [-0.3, -0.25) is 4.79 Å². The number of nitrogens with zero attached hydrogens (tertiary/aromatic N) is 1. The van der Waals surface area contributed by atoms with Gasteiger partial charge in [-0.05, 0) is 55.7 Å². The molecule has 1 aliphatic heterocycles. The average Bonchev–Trinajstić information content (AvgIpc) is 2.73. The van der Waals surface area contributed by atoms with Crippen molar-refractivity contribution in [2.45, 2.75) is 37.1 Å². The molecule has 0 unspecified atom stereocenters. The van der Waals surface area contributed by atoms with Crippen LogP contribution in [0.5, 0.6) is 5.75 Å². The number of carbonyl (C=O) groups excluding carboxylic acids is 1. The average molecular weight is 455 g/mol. The van der Waals surface area contributed by atoms with Crippen molar-refractivity contribution in [3.63, 3.8) is 0 Å². The van der Waals surface area contributed by atoms with Crippen molar-refractivity contribution in [2.24, 2.45) is 0 Å². The molecule has 1 heterocycles. The van der Waals surface area contributed by atoms with E-state index in [1.165, 1.54) is 34.6 Å². The van der Waals surface area contributed by atoms with Crippen molar-refractivity contribution in [3.8, 4) is 5.75 Å². The summed E-state index contributed by atoms with van der Waals surface area (Å²) in [5.41, 5.74) is 0.759. The zero-order chi connectivity index (χ0) is 21.7. The highest BCUT2D eigenvalue weighted by atomic mass is 35.5. The first-order chi connectivity index (χ1) is 14.3. The van der Waals surface area contributed by atoms with Crippen LogP contribution in [0.25, 0.3) is 0 Å². The van der Waals surface area contributed by atoms with Crippen LogP contribution in [-0.4, -0.2) is 38.3 Å². The van der Waals surface area contributed by atoms with E-state index in [1.54, 1.807) is 19.1 Å². The summed E-state index contributed by atoms with van der Waals surface area (Å²) >= 11 is 6.20. The second-order valence-electron chi connectivity index (χ2n) is 7.19. The monoisotopic (exact) mass is 454 g/mol. The van der Waals surface area contributed by atoms with E-state index in [-0.39, 0.29) is 40.0 Å². The summed E-state index contributed by atoms with van der Waals surface area (Å²) in [5.74, 6) is -0.507. The lowest BCUT2D eigenvalue weighted by Gasteiger charge is -2.26. The largest absolute Gasteiger partial charge is 0.482 e. The summed E-state index contributed by atoms with van der Waals surface area (Å²) in [6.07, 6.45) is 2.72. The molecule has 0 radical (unpaired) electrons. The van der Waals surface area contributed by atoms with E-state index in [9.17, 15) is 17.6 Å². The van der Waals surface area contributed by atoms with Crippen molar-refractivity contribution in [1.82, 2.24) is 9.62 Å². The molecule has 9 heteroatoms. The second kappa shape index (κ2) is 9.76. The first kappa shape index (κ1) is 22.5. The third-order valence-corrected chi connectivity index (χ3v) is 7.15. The Morgan fingerprint density at radius 3 is 2.47 bits per heavy atom. The molecule has 1 atom stereocenters. The SMILES string of the molecule is C[C@H](NC(=O)COc1ccc(S(=O)(=O)N2CCCCC2)cc1Cl)c1ccc(F)cc1. The number of hydrogen-bond acceptors (Lipinski definition) is 4. The molecule has 0 aliphatic carbocycles. The molecule has 0 aromatic heterocycles. The highest BCUT2D eigenvalue weighted by Gasteiger charge is 2.26. The molecule has 1 N–H and O–H groups in total. The Balaban J connectivity index is 1.59. The Labute approximate surface area is 181 Å². The maximum atomic E-state index is 13.0. The molecule has 6 nitrogen and oxygen atoms in total. The number of amides is 1. The molecule has 0 spiro atoms. The molecule has 1 amide bonds. The number of piperidine rings is 1. The molecular weight excluding hydrogens is 431 g/mol. The fraction of sp³-hybridized carbons (Fsp3) is 0.381. The smallest absolute Gasteiger partial charge is 0.258 e. The van der Waals surface area contributed by atoms with Crippen LogP contribution in [0.15, 0.2) is 47.4 Å². The van der Waals surface area contributed by atoms with E-state index in [4.69, 9.17) is 16.3 Å². The summed E-state index contributed by atoms with van der Waals surface area (Å²) < 4.78 is 45.4. The number of rotatable bonds is 7. The van der Waals surface area contributed by atoms with Gasteiger partial charge in [-0.2, -0.15) is 4.31 Å². The zero-order valence-electron chi connectivity index (χ0n) is 16.6. The van der Waals surface area contributed by atoms with Crippen molar-refractivity contribution < 1.29 is 22.3 Å². The fourth-order valence-electron chi connectivity index (χ4n) is 3.27. The molecule has 0 bridgehead atoms. The molecule has 2 aromatic carbocycles. The van der Waals surface area contributed by atoms with Gasteiger partial charge in [-0.15, -0.1) is 0 Å². The number of ether oxygens (including phenoxy) is 1. The van der Waals surface area contributed by atoms with Crippen LogP contribution < -0.4 is 10.1 Å². The van der Waals surface area contributed by atoms with Crippen molar-refractivity contribution in [3.05, 3.63) is 58.9 Å². The normalized spacial score (nSPS) is 16.1. The number of sulfonamides is 1. The Morgan fingerprint density at radius 1 is 1.17 bits per heavy atom. The van der Waals surface area contributed by atoms with Gasteiger partial charge >= 0.3 is 0 Å². The van der Waals surface area contributed by atoms with Gasteiger partial charge in [0.25, 0.3) is 5.91 Å². The first-order valence-corrected chi connectivity index (χ1v) is 11.6. The molecule has 30 heavy (non-hydrogen) atoms. The van der Waals surface area contributed by atoms with E-state index in [0.717, 1.165) is 24.8 Å². The highest BCUT2D eigenvalue weighted by molar-refractivity contribution is 7.89. The van der Waals surface area contributed by atoms with Crippen LogP contribution in [0.3, 0.4) is 0 Å². The van der Waals surface area contributed by atoms with Crippen molar-refractivity contribution in [2.75, 3.05) is 19.7 Å². The topological polar surface area (TPSA) is 75.7 Å². The quantitative estimate of drug-likeness (QED) is 0.688. The van der Waals surface area contributed by atoms with Crippen molar-refractivity contribution >= 4 is 27.5 Å². The predicted octanol–water partition coefficient (Wildman–Crippen LogP) is 3.91. The third kappa shape index (κ3) is 5.50. The van der Waals surface area contributed by atoms with Crippen LogP contribution in [0.4, 0.5) is 4.39 Å². The Kier molecular flexibility index (Phi) is 7.33. The Morgan fingerprint density at radius 2 is 1.83 bits per heavy atom. The molecule has 2 aromatic rings. The lowest BCUT2D eigenvalue weighted by molar-refractivity contribution is -0.123. The Bertz CT molecular complexity index is 993. The fourth-order valence-corrected chi connectivity index (χ4v) is 5.12. The summed E-state index contributed by atoms with van der Waals surface area (Å²) in [6.45, 7) is 2.50. The maximum Gasteiger partial charge on any atom is 0.258 e. The number of nitrogens with one attached hydrogen (secondary N) is 1. The van der Waals surface area contributed by atoms with E-state index in [1.807, 2.05) is 0 Å². The van der Waals surface area contributed by atoms with Gasteiger partial charge < -0.3 is 10.1 Å². The first-order valence-electron chi connectivity index (χ1n) is 9.75. The minimum absolute atomic E-state index is 0.108. The van der Waals surface area contributed by atoms with Gasteiger partial charge in [0.15, 0.2) is 6.61 Å². The van der Waals surface area contributed by atoms with Gasteiger partial charge in [-0.25, -0.2) is 12.8 Å². The molecule has 0 saturated carbocycles. The number of hydrogen-bond donors (Lipinski definition) is 1. The van der Waals surface area contributed by atoms with Gasteiger partial charge in [0.05, 0.1) is 16.0 Å². The van der Waals surface area contributed by atoms with E-state index >= 15 is 0 Å². The van der Waals surface area contributed by atoms with E-state index in [2.05, 4.69) is 5.32 Å². The van der Waals surface area contributed by atoms with E-state index in [0.29, 0.717) is 13.1 Å². The second-order valence-corrected chi connectivity index (χ2v) is 9.53. The molecule has 1 aliphatic rings. The standard InChI is InChI=1S/C21H24ClFN2O4S/c1-15(16-5-7-17(23)8-6-16)24-21(26)14-29-20-10-9-18(13-19(20)22)30(27,28)25-11-3-2-4-12-25/h5-10,13,15H,2-4,11-12,14H2,1H3,(H,24,26)/t15-/m0/s1. The summed E-state index contributed by atoms with van der Waals surface area (Å²) in [6, 6.07) is 9.76. The zero-order valence-corrected chi connectivity index (χ0v) is 18.2. The van der Waals surface area contributed by atoms with Gasteiger partial charge in [-0.1, -0.05) is 30.2 Å². The summed E-state index contributed by atoms with van der Waals surface area (Å²) in [7, 11) is -3.59. The minimum atomic E-state index is -3.59. The molecule has 1 fully saturated rings. The van der Waals surface area contributed by atoms with Crippen LogP contribution in [-0.2, 0) is 14.8 Å². The summed E-state index contributed by atoms with van der Waals surface area (Å²) in [4.78, 5) is 12.3. The van der Waals surface area contributed by atoms with Gasteiger partial charge in [0.1, 0.15) is 11.6 Å². The van der Waals surface area contributed by atoms with Crippen LogP contribution in [0, 0.1) is 5.82 Å². The maximum absolute atomic E-state index is 13.0.